The lowest BCUT2D eigenvalue weighted by atomic mass is 10.1. The highest BCUT2D eigenvalue weighted by molar-refractivity contribution is 7.13. The van der Waals surface area contributed by atoms with Crippen molar-refractivity contribution in [1.29, 1.82) is 0 Å². The zero-order valence-electron chi connectivity index (χ0n) is 15.5. The van der Waals surface area contributed by atoms with Crippen molar-refractivity contribution >= 4 is 17.2 Å². The molecule has 0 fully saturated rings. The lowest BCUT2D eigenvalue weighted by Crippen LogP contribution is -2.02. The number of fused-ring (bicyclic) bond motifs is 1. The molecule has 146 valence electrons. The second-order valence-corrected chi connectivity index (χ2v) is 7.13. The number of rotatable bonds is 5. The summed E-state index contributed by atoms with van der Waals surface area (Å²) in [6, 6.07) is 13.3. The number of aromatic nitrogens is 4. The highest BCUT2D eigenvalue weighted by Gasteiger charge is 2.19. The van der Waals surface area contributed by atoms with Gasteiger partial charge in [0.1, 0.15) is 10.8 Å². The summed E-state index contributed by atoms with van der Waals surface area (Å²) in [4.78, 5) is 4.69. The first-order valence-corrected chi connectivity index (χ1v) is 9.91. The highest BCUT2D eigenvalue weighted by atomic mass is 32.1. The van der Waals surface area contributed by atoms with Gasteiger partial charge in [-0.2, -0.15) is 4.68 Å². The summed E-state index contributed by atoms with van der Waals surface area (Å²) in [5.74, 6) is 2.69. The SMILES string of the molecule is CCOc1ccc(-n2nnc(-c3nc(-c4ccc5c(c4)OCO5)cs3)c2N)cc1. The van der Waals surface area contributed by atoms with Crippen LogP contribution < -0.4 is 19.9 Å². The molecule has 1 aliphatic rings. The minimum atomic E-state index is 0.242. The zero-order valence-corrected chi connectivity index (χ0v) is 16.3. The van der Waals surface area contributed by atoms with E-state index >= 15 is 0 Å². The standard InChI is InChI=1S/C20H17N5O3S/c1-2-26-14-6-4-13(5-7-14)25-19(21)18(23-24-25)20-22-15(10-29-20)12-3-8-16-17(9-12)28-11-27-16/h3-10H,2,11,21H2,1H3. The van der Waals surface area contributed by atoms with Gasteiger partial charge >= 0.3 is 0 Å². The van der Waals surface area contributed by atoms with Crippen LogP contribution in [0, 0.1) is 0 Å². The third-order valence-corrected chi connectivity index (χ3v) is 5.32. The van der Waals surface area contributed by atoms with E-state index in [1.54, 1.807) is 4.68 Å². The maximum absolute atomic E-state index is 6.32. The molecule has 2 N–H and O–H groups in total. The summed E-state index contributed by atoms with van der Waals surface area (Å²) >= 11 is 1.46. The first-order valence-electron chi connectivity index (χ1n) is 9.03. The molecule has 0 bridgehead atoms. The molecule has 0 radical (unpaired) electrons. The van der Waals surface area contributed by atoms with Gasteiger partial charge in [0, 0.05) is 10.9 Å². The van der Waals surface area contributed by atoms with Gasteiger partial charge in [0.05, 0.1) is 18.0 Å². The Labute approximate surface area is 170 Å². The molecule has 0 saturated heterocycles. The molecule has 4 aromatic rings. The molecular weight excluding hydrogens is 390 g/mol. The van der Waals surface area contributed by atoms with Gasteiger partial charge in [-0.05, 0) is 49.4 Å². The maximum Gasteiger partial charge on any atom is 0.231 e. The Morgan fingerprint density at radius 2 is 1.97 bits per heavy atom. The average molecular weight is 407 g/mol. The van der Waals surface area contributed by atoms with E-state index in [2.05, 4.69) is 15.3 Å². The van der Waals surface area contributed by atoms with Gasteiger partial charge in [-0.3, -0.25) is 0 Å². The fraction of sp³-hybridized carbons (Fsp3) is 0.150. The molecule has 5 rings (SSSR count). The van der Waals surface area contributed by atoms with E-state index in [0.717, 1.165) is 34.2 Å². The molecule has 0 saturated carbocycles. The second kappa shape index (κ2) is 7.10. The summed E-state index contributed by atoms with van der Waals surface area (Å²) in [7, 11) is 0. The largest absolute Gasteiger partial charge is 0.494 e. The van der Waals surface area contributed by atoms with Gasteiger partial charge in [0.25, 0.3) is 0 Å². The van der Waals surface area contributed by atoms with E-state index in [1.807, 2.05) is 54.8 Å². The van der Waals surface area contributed by atoms with Gasteiger partial charge in [-0.25, -0.2) is 4.98 Å². The molecule has 3 heterocycles. The first kappa shape index (κ1) is 17.5. The molecule has 0 amide bonds. The van der Waals surface area contributed by atoms with E-state index in [0.29, 0.717) is 23.1 Å². The molecule has 29 heavy (non-hydrogen) atoms. The number of nitrogens with zero attached hydrogens (tertiary/aromatic N) is 4. The van der Waals surface area contributed by atoms with Crippen LogP contribution in [0.4, 0.5) is 5.82 Å². The van der Waals surface area contributed by atoms with E-state index in [9.17, 15) is 0 Å². The molecule has 2 aromatic heterocycles. The zero-order chi connectivity index (χ0) is 19.8. The molecule has 0 aliphatic carbocycles. The number of hydrogen-bond donors (Lipinski definition) is 1. The van der Waals surface area contributed by atoms with Gasteiger partial charge < -0.3 is 19.9 Å². The van der Waals surface area contributed by atoms with Crippen LogP contribution in [-0.4, -0.2) is 33.4 Å². The second-order valence-electron chi connectivity index (χ2n) is 6.27. The third kappa shape index (κ3) is 3.15. The summed E-state index contributed by atoms with van der Waals surface area (Å²) < 4.78 is 17.9. The van der Waals surface area contributed by atoms with Crippen molar-refractivity contribution in [2.24, 2.45) is 0 Å². The van der Waals surface area contributed by atoms with Crippen molar-refractivity contribution in [3.05, 3.63) is 47.8 Å². The quantitative estimate of drug-likeness (QED) is 0.538. The van der Waals surface area contributed by atoms with Crippen LogP contribution in [0.25, 0.3) is 27.6 Å². The fourth-order valence-electron chi connectivity index (χ4n) is 3.05. The molecule has 8 nitrogen and oxygen atoms in total. The van der Waals surface area contributed by atoms with Crippen molar-refractivity contribution in [2.45, 2.75) is 6.92 Å². The molecular formula is C20H17N5O3S. The van der Waals surface area contributed by atoms with Crippen LogP contribution in [0.2, 0.25) is 0 Å². The van der Waals surface area contributed by atoms with Gasteiger partial charge in [0.15, 0.2) is 23.0 Å². The Hall–Kier alpha value is -3.59. The van der Waals surface area contributed by atoms with E-state index in [1.165, 1.54) is 11.3 Å². The Morgan fingerprint density at radius 3 is 2.79 bits per heavy atom. The smallest absolute Gasteiger partial charge is 0.231 e. The minimum Gasteiger partial charge on any atom is -0.494 e. The number of nitrogens with two attached hydrogens (primary N) is 1. The molecule has 0 unspecified atom stereocenters. The van der Waals surface area contributed by atoms with Crippen molar-refractivity contribution in [2.75, 3.05) is 19.1 Å². The van der Waals surface area contributed by atoms with Gasteiger partial charge in [0.2, 0.25) is 6.79 Å². The topological polar surface area (TPSA) is 97.3 Å². The maximum atomic E-state index is 6.32. The predicted octanol–water partition coefficient (Wildman–Crippen LogP) is 3.77. The Bertz CT molecular complexity index is 1170. The normalized spacial score (nSPS) is 12.3. The van der Waals surface area contributed by atoms with Crippen LogP contribution in [0.15, 0.2) is 47.8 Å². The van der Waals surface area contributed by atoms with E-state index in [-0.39, 0.29) is 6.79 Å². The van der Waals surface area contributed by atoms with E-state index < -0.39 is 0 Å². The van der Waals surface area contributed by atoms with Crippen LogP contribution >= 0.6 is 11.3 Å². The summed E-state index contributed by atoms with van der Waals surface area (Å²) in [5, 5.41) is 11.1. The fourth-order valence-corrected chi connectivity index (χ4v) is 3.87. The van der Waals surface area contributed by atoms with Gasteiger partial charge in [-0.15, -0.1) is 16.4 Å². The summed E-state index contributed by atoms with van der Waals surface area (Å²) in [6.07, 6.45) is 0. The van der Waals surface area contributed by atoms with Crippen LogP contribution in [0.1, 0.15) is 6.92 Å². The molecule has 9 heteroatoms. The number of thiazole rings is 1. The number of ether oxygens (including phenoxy) is 3. The predicted molar refractivity (Wildman–Crippen MR) is 110 cm³/mol. The minimum absolute atomic E-state index is 0.242. The van der Waals surface area contributed by atoms with Crippen molar-refractivity contribution in [3.8, 4) is 44.9 Å². The molecule has 0 spiro atoms. The lowest BCUT2D eigenvalue weighted by molar-refractivity contribution is 0.174. The number of hydrogen-bond acceptors (Lipinski definition) is 8. The van der Waals surface area contributed by atoms with Crippen LogP contribution in [0.5, 0.6) is 17.2 Å². The lowest BCUT2D eigenvalue weighted by Gasteiger charge is -2.05. The summed E-state index contributed by atoms with van der Waals surface area (Å²) in [6.45, 7) is 2.80. The van der Waals surface area contributed by atoms with Crippen LogP contribution in [0.3, 0.4) is 0 Å². The third-order valence-electron chi connectivity index (χ3n) is 4.47. The first-order chi connectivity index (χ1) is 14.2. The number of anilines is 1. The Kier molecular flexibility index (Phi) is 4.28. The Morgan fingerprint density at radius 1 is 1.14 bits per heavy atom. The molecule has 0 atom stereocenters. The monoisotopic (exact) mass is 407 g/mol. The van der Waals surface area contributed by atoms with E-state index in [4.69, 9.17) is 19.9 Å². The molecule has 1 aliphatic heterocycles. The van der Waals surface area contributed by atoms with Crippen molar-refractivity contribution < 1.29 is 14.2 Å². The highest BCUT2D eigenvalue weighted by Crippen LogP contribution is 2.37. The molecule has 2 aromatic carbocycles. The van der Waals surface area contributed by atoms with Crippen LogP contribution in [-0.2, 0) is 0 Å². The Balaban J connectivity index is 1.44. The summed E-state index contributed by atoms with van der Waals surface area (Å²) in [5.41, 5.74) is 9.43. The van der Waals surface area contributed by atoms with Crippen molar-refractivity contribution in [3.63, 3.8) is 0 Å². The average Bonchev–Trinajstić information content (AvgIpc) is 3.47. The van der Waals surface area contributed by atoms with Crippen molar-refractivity contribution in [1.82, 2.24) is 20.0 Å². The number of nitrogen functional groups attached to an aromatic ring is 1. The number of benzene rings is 2. The van der Waals surface area contributed by atoms with Gasteiger partial charge in [-0.1, -0.05) is 5.21 Å².